The van der Waals surface area contributed by atoms with Crippen LogP contribution < -0.4 is 14.8 Å². The molecule has 0 aliphatic heterocycles. The molecule has 11 nitrogen and oxygen atoms in total. The average Bonchev–Trinajstić information content (AvgIpc) is 3.77. The van der Waals surface area contributed by atoms with Crippen molar-refractivity contribution in [3.63, 3.8) is 0 Å². The molecule has 214 valence electrons. The van der Waals surface area contributed by atoms with E-state index in [4.69, 9.17) is 25.5 Å². The van der Waals surface area contributed by atoms with Crippen LogP contribution >= 0.6 is 11.6 Å². The summed E-state index contributed by atoms with van der Waals surface area (Å²) in [6.07, 6.45) is 5.39. The zero-order chi connectivity index (χ0) is 28.8. The van der Waals surface area contributed by atoms with Crippen molar-refractivity contribution in [1.82, 2.24) is 30.4 Å². The number of rotatable bonds is 11. The molecule has 2 heterocycles. The lowest BCUT2D eigenvalue weighted by Crippen LogP contribution is -2.46. The van der Waals surface area contributed by atoms with Gasteiger partial charge in [0.05, 0.1) is 20.5 Å². The molecule has 4 aromatic rings. The number of halogens is 1. The molecule has 5 rings (SSSR count). The van der Waals surface area contributed by atoms with Crippen LogP contribution in [-0.4, -0.2) is 57.2 Å². The van der Waals surface area contributed by atoms with Crippen molar-refractivity contribution >= 4 is 23.4 Å². The van der Waals surface area contributed by atoms with E-state index in [1.807, 2.05) is 18.2 Å². The van der Waals surface area contributed by atoms with Crippen LogP contribution in [0.1, 0.15) is 43.0 Å². The standard InChI is InChI=1S/C29H31ClN6O5/c1-39-23-14-13-19(16-25(23)40-2)28-32-34-36(33-28)18-26(37)35(17-20-8-3-6-11-22(20)30)27(24-12-7-15-41-24)29(38)31-21-9-4-5-10-21/h3,6-8,11-16,21,27H,4-5,9-10,17-18H2,1-2H3,(H,31,38)/t27-/m1/s1. The van der Waals surface area contributed by atoms with Gasteiger partial charge < -0.3 is 24.1 Å². The lowest BCUT2D eigenvalue weighted by molar-refractivity contribution is -0.143. The van der Waals surface area contributed by atoms with E-state index < -0.39 is 11.9 Å². The third-order valence-electron chi connectivity index (χ3n) is 7.06. The Morgan fingerprint density at radius 2 is 1.88 bits per heavy atom. The van der Waals surface area contributed by atoms with Crippen molar-refractivity contribution < 1.29 is 23.5 Å². The molecular weight excluding hydrogens is 548 g/mol. The normalized spacial score (nSPS) is 14.0. The van der Waals surface area contributed by atoms with E-state index in [0.717, 1.165) is 25.7 Å². The van der Waals surface area contributed by atoms with E-state index in [9.17, 15) is 9.59 Å². The number of nitrogens with one attached hydrogen (secondary N) is 1. The molecule has 12 heteroatoms. The second kappa shape index (κ2) is 12.9. The maximum atomic E-state index is 13.9. The van der Waals surface area contributed by atoms with Crippen LogP contribution in [-0.2, 0) is 22.7 Å². The van der Waals surface area contributed by atoms with Crippen LogP contribution in [0.15, 0.2) is 65.3 Å². The van der Waals surface area contributed by atoms with Crippen molar-refractivity contribution in [2.45, 2.75) is 50.9 Å². The van der Waals surface area contributed by atoms with Gasteiger partial charge in [0, 0.05) is 23.2 Å². The molecule has 1 aliphatic carbocycles. The monoisotopic (exact) mass is 578 g/mol. The Morgan fingerprint density at radius 3 is 2.59 bits per heavy atom. The molecule has 2 amide bonds. The maximum absolute atomic E-state index is 13.9. The Hall–Kier alpha value is -4.38. The van der Waals surface area contributed by atoms with Crippen LogP contribution in [0.5, 0.6) is 11.5 Å². The quantitative estimate of drug-likeness (QED) is 0.277. The van der Waals surface area contributed by atoms with Crippen LogP contribution in [0.4, 0.5) is 0 Å². The molecule has 0 saturated heterocycles. The van der Waals surface area contributed by atoms with E-state index in [0.29, 0.717) is 39.2 Å². The third-order valence-corrected chi connectivity index (χ3v) is 7.43. The second-order valence-corrected chi connectivity index (χ2v) is 10.1. The number of aromatic nitrogens is 4. The van der Waals surface area contributed by atoms with E-state index >= 15 is 0 Å². The van der Waals surface area contributed by atoms with E-state index in [2.05, 4.69) is 20.7 Å². The number of hydrogen-bond donors (Lipinski definition) is 1. The largest absolute Gasteiger partial charge is 0.493 e. The highest BCUT2D eigenvalue weighted by atomic mass is 35.5. The molecule has 1 atom stereocenters. The fourth-order valence-electron chi connectivity index (χ4n) is 4.97. The maximum Gasteiger partial charge on any atom is 0.250 e. The van der Waals surface area contributed by atoms with Gasteiger partial charge in [-0.15, -0.1) is 10.2 Å². The van der Waals surface area contributed by atoms with Crippen molar-refractivity contribution in [3.05, 3.63) is 77.2 Å². The smallest absolute Gasteiger partial charge is 0.250 e. The molecular formula is C29H31ClN6O5. The summed E-state index contributed by atoms with van der Waals surface area (Å²) in [5, 5.41) is 16.2. The Morgan fingerprint density at radius 1 is 1.10 bits per heavy atom. The Balaban J connectivity index is 1.44. The number of benzene rings is 2. The number of tetrazole rings is 1. The van der Waals surface area contributed by atoms with Gasteiger partial charge in [-0.25, -0.2) is 0 Å². The highest BCUT2D eigenvalue weighted by Crippen LogP contribution is 2.31. The molecule has 1 saturated carbocycles. The molecule has 0 spiro atoms. The van der Waals surface area contributed by atoms with Gasteiger partial charge in [0.2, 0.25) is 11.7 Å². The average molecular weight is 579 g/mol. The van der Waals surface area contributed by atoms with Crippen molar-refractivity contribution in [3.8, 4) is 22.9 Å². The van der Waals surface area contributed by atoms with Gasteiger partial charge in [-0.05, 0) is 60.0 Å². The third kappa shape index (κ3) is 6.51. The second-order valence-electron chi connectivity index (χ2n) is 9.73. The first-order valence-electron chi connectivity index (χ1n) is 13.3. The molecule has 41 heavy (non-hydrogen) atoms. The van der Waals surface area contributed by atoms with Gasteiger partial charge >= 0.3 is 0 Å². The lowest BCUT2D eigenvalue weighted by Gasteiger charge is -2.31. The van der Waals surface area contributed by atoms with Crippen molar-refractivity contribution in [1.29, 1.82) is 0 Å². The number of ether oxygens (including phenoxy) is 2. The van der Waals surface area contributed by atoms with Gasteiger partial charge in [-0.1, -0.05) is 42.6 Å². The number of carbonyl (C=O) groups is 2. The van der Waals surface area contributed by atoms with Crippen LogP contribution in [0.2, 0.25) is 5.02 Å². The Kier molecular flexibility index (Phi) is 8.83. The minimum absolute atomic E-state index is 0.0539. The summed E-state index contributed by atoms with van der Waals surface area (Å²) in [7, 11) is 3.09. The van der Waals surface area contributed by atoms with Crippen LogP contribution in [0, 0.1) is 0 Å². The number of hydrogen-bond acceptors (Lipinski definition) is 8. The van der Waals surface area contributed by atoms with Crippen molar-refractivity contribution in [2.24, 2.45) is 0 Å². The minimum Gasteiger partial charge on any atom is -0.493 e. The molecule has 2 aromatic carbocycles. The number of nitrogens with zero attached hydrogens (tertiary/aromatic N) is 5. The zero-order valence-electron chi connectivity index (χ0n) is 22.8. The molecule has 1 fully saturated rings. The molecule has 0 radical (unpaired) electrons. The molecule has 0 unspecified atom stereocenters. The summed E-state index contributed by atoms with van der Waals surface area (Å²) >= 11 is 6.48. The van der Waals surface area contributed by atoms with E-state index in [-0.39, 0.29) is 25.0 Å². The van der Waals surface area contributed by atoms with Gasteiger partial charge in [-0.2, -0.15) is 4.80 Å². The molecule has 1 N–H and O–H groups in total. The fraction of sp³-hybridized carbons (Fsp3) is 0.345. The van der Waals surface area contributed by atoms with Crippen LogP contribution in [0.25, 0.3) is 11.4 Å². The lowest BCUT2D eigenvalue weighted by atomic mass is 10.1. The number of furan rings is 1. The molecule has 2 aromatic heterocycles. The van der Waals surface area contributed by atoms with Gasteiger partial charge in [-0.3, -0.25) is 9.59 Å². The summed E-state index contributed by atoms with van der Waals surface area (Å²) in [5.41, 5.74) is 1.32. The number of methoxy groups -OCH3 is 2. The topological polar surface area (TPSA) is 125 Å². The first-order chi connectivity index (χ1) is 20.0. The van der Waals surface area contributed by atoms with Crippen LogP contribution in [0.3, 0.4) is 0 Å². The molecule has 0 bridgehead atoms. The minimum atomic E-state index is -1.02. The number of carbonyl (C=O) groups excluding carboxylic acids is 2. The highest BCUT2D eigenvalue weighted by Gasteiger charge is 2.35. The van der Waals surface area contributed by atoms with Gasteiger partial charge in [0.15, 0.2) is 17.5 Å². The first kappa shape index (κ1) is 28.2. The summed E-state index contributed by atoms with van der Waals surface area (Å²) in [4.78, 5) is 30.3. The zero-order valence-corrected chi connectivity index (χ0v) is 23.6. The summed E-state index contributed by atoms with van der Waals surface area (Å²) < 4.78 is 16.3. The highest BCUT2D eigenvalue weighted by molar-refractivity contribution is 6.31. The summed E-state index contributed by atoms with van der Waals surface area (Å²) in [5.74, 6) is 0.997. The summed E-state index contributed by atoms with van der Waals surface area (Å²) in [6, 6.07) is 14.9. The van der Waals surface area contributed by atoms with Crippen molar-refractivity contribution in [2.75, 3.05) is 14.2 Å². The van der Waals surface area contributed by atoms with E-state index in [1.165, 1.54) is 23.1 Å². The molecule has 1 aliphatic rings. The predicted octanol–water partition coefficient (Wildman–Crippen LogP) is 4.43. The SMILES string of the molecule is COc1ccc(-c2nnn(CC(=O)N(Cc3ccccc3Cl)[C@@H](C(=O)NC3CCCC3)c3ccco3)n2)cc1OC. The first-order valence-corrected chi connectivity index (χ1v) is 13.7. The van der Waals surface area contributed by atoms with E-state index in [1.54, 1.807) is 43.5 Å². The van der Waals surface area contributed by atoms with Gasteiger partial charge in [0.1, 0.15) is 12.3 Å². The number of amides is 2. The predicted molar refractivity (Wildman–Crippen MR) is 150 cm³/mol. The summed E-state index contributed by atoms with van der Waals surface area (Å²) in [6.45, 7) is -0.197. The Labute approximate surface area is 242 Å². The fourth-order valence-corrected chi connectivity index (χ4v) is 5.16. The van der Waals surface area contributed by atoms with Gasteiger partial charge in [0.25, 0.3) is 5.91 Å². The Bertz CT molecular complexity index is 1480.